The van der Waals surface area contributed by atoms with Crippen LogP contribution in [0.25, 0.3) is 55.4 Å². The Morgan fingerprint density at radius 3 is 1.90 bits per heavy atom. The molecule has 0 aliphatic carbocycles. The third-order valence-corrected chi connectivity index (χ3v) is 6.25. The Morgan fingerprint density at radius 1 is 0.513 bits per heavy atom. The van der Waals surface area contributed by atoms with Crippen LogP contribution in [0, 0.1) is 12.1 Å². The summed E-state index contributed by atoms with van der Waals surface area (Å²) >= 11 is 0. The molecule has 39 heavy (non-hydrogen) atoms. The van der Waals surface area contributed by atoms with E-state index in [0.717, 1.165) is 27.7 Å². The normalized spacial score (nSPS) is 10.4. The summed E-state index contributed by atoms with van der Waals surface area (Å²) in [6.45, 7) is 0. The minimum Gasteiger partial charge on any atom is -0.305 e. The van der Waals surface area contributed by atoms with Crippen LogP contribution in [0.2, 0.25) is 0 Å². The molecule has 0 saturated heterocycles. The first-order valence-electron chi connectivity index (χ1n) is 12.4. The van der Waals surface area contributed by atoms with Crippen molar-refractivity contribution in [3.63, 3.8) is 0 Å². The van der Waals surface area contributed by atoms with E-state index < -0.39 is 0 Å². The van der Waals surface area contributed by atoms with Gasteiger partial charge in [-0.05, 0) is 45.8 Å². The molecule has 1 radical (unpaired) electrons. The van der Waals surface area contributed by atoms with Crippen LogP contribution in [0.3, 0.4) is 0 Å². The number of nitrogens with zero attached hydrogens (tertiary/aromatic N) is 3. The summed E-state index contributed by atoms with van der Waals surface area (Å²) in [5.41, 5.74) is 6.25. The summed E-state index contributed by atoms with van der Waals surface area (Å²) in [5, 5.41) is 3.47. The van der Waals surface area contributed by atoms with Crippen molar-refractivity contribution in [3.8, 4) is 33.8 Å². The molecule has 0 aliphatic heterocycles. The molecule has 0 bridgehead atoms. The topological polar surface area (TPSA) is 38.7 Å². The molecular formula is C35H23IrN3-2. The fourth-order valence-electron chi connectivity index (χ4n) is 4.32. The standard InChI is InChI=1S/C18H11N2.C17H12N.Ir/c1-2-6-13(7-3-1)18-19-12-16-10-14-8-4-5-9-15(14)11-17(16)20-18;1-3-7-14(8-4-1)16-11-12-18-17(13-16)15-9-5-2-6-10-15;/h1-6,8-12H;1-9,11-13H;/q2*-1;. The predicted molar refractivity (Wildman–Crippen MR) is 155 cm³/mol. The van der Waals surface area contributed by atoms with Crippen molar-refractivity contribution in [2.45, 2.75) is 0 Å². The van der Waals surface area contributed by atoms with Crippen molar-refractivity contribution in [2.75, 3.05) is 0 Å². The van der Waals surface area contributed by atoms with Crippen molar-refractivity contribution < 1.29 is 20.1 Å². The largest absolute Gasteiger partial charge is 0.305 e. The summed E-state index contributed by atoms with van der Waals surface area (Å²) in [6, 6.07) is 49.0. The predicted octanol–water partition coefficient (Wildman–Crippen LogP) is 8.46. The number of benzene rings is 5. The minimum atomic E-state index is 0. The van der Waals surface area contributed by atoms with E-state index in [1.165, 1.54) is 21.9 Å². The first-order valence-corrected chi connectivity index (χ1v) is 12.4. The van der Waals surface area contributed by atoms with Crippen LogP contribution in [0.1, 0.15) is 0 Å². The van der Waals surface area contributed by atoms with E-state index in [2.05, 4.69) is 69.5 Å². The number of pyridine rings is 1. The Bertz CT molecular complexity index is 1750. The van der Waals surface area contributed by atoms with E-state index in [9.17, 15) is 0 Å². The molecule has 0 N–H and O–H groups in total. The smallest absolute Gasteiger partial charge is 0.0755 e. The Morgan fingerprint density at radius 2 is 1.18 bits per heavy atom. The number of fused-ring (bicyclic) bond motifs is 2. The molecule has 3 nitrogen and oxygen atoms in total. The molecule has 0 unspecified atom stereocenters. The summed E-state index contributed by atoms with van der Waals surface area (Å²) < 4.78 is 0. The summed E-state index contributed by atoms with van der Waals surface area (Å²) in [6.07, 6.45) is 3.73. The SMILES string of the molecule is [Ir].[c-]1ccccc1-c1cc(-c2ccccc2)ccn1.[c-]1ccccc1-c1ncc2cc3ccccc3cc2n1. The fourth-order valence-corrected chi connectivity index (χ4v) is 4.32. The van der Waals surface area contributed by atoms with E-state index in [-0.39, 0.29) is 20.1 Å². The zero-order valence-electron chi connectivity index (χ0n) is 21.0. The summed E-state index contributed by atoms with van der Waals surface area (Å²) in [7, 11) is 0. The molecule has 0 fully saturated rings. The molecule has 0 spiro atoms. The summed E-state index contributed by atoms with van der Waals surface area (Å²) in [4.78, 5) is 13.5. The van der Waals surface area contributed by atoms with Crippen LogP contribution >= 0.6 is 0 Å². The van der Waals surface area contributed by atoms with Crippen LogP contribution in [0.15, 0.2) is 140 Å². The van der Waals surface area contributed by atoms with Crippen LogP contribution < -0.4 is 0 Å². The second kappa shape index (κ2) is 12.4. The maximum atomic E-state index is 4.65. The van der Waals surface area contributed by atoms with Gasteiger partial charge in [0.15, 0.2) is 0 Å². The molecule has 7 rings (SSSR count). The fraction of sp³-hybridized carbons (Fsp3) is 0. The van der Waals surface area contributed by atoms with Crippen LogP contribution in [0.5, 0.6) is 0 Å². The van der Waals surface area contributed by atoms with Gasteiger partial charge in [-0.15, -0.1) is 71.8 Å². The van der Waals surface area contributed by atoms with Gasteiger partial charge in [-0.1, -0.05) is 60.7 Å². The third-order valence-electron chi connectivity index (χ3n) is 6.25. The average molecular weight is 678 g/mol. The Hall–Kier alpha value is -4.50. The van der Waals surface area contributed by atoms with Crippen molar-refractivity contribution >= 4 is 21.7 Å². The average Bonchev–Trinajstić information content (AvgIpc) is 3.01. The van der Waals surface area contributed by atoms with E-state index in [1.54, 1.807) is 0 Å². The Kier molecular flexibility index (Phi) is 8.28. The van der Waals surface area contributed by atoms with Gasteiger partial charge in [0.25, 0.3) is 0 Å². The van der Waals surface area contributed by atoms with Gasteiger partial charge in [-0.25, -0.2) is 0 Å². The molecule has 2 aromatic heterocycles. The van der Waals surface area contributed by atoms with Crippen molar-refractivity contribution in [1.29, 1.82) is 0 Å². The maximum absolute atomic E-state index is 4.65. The van der Waals surface area contributed by atoms with Gasteiger partial charge < -0.3 is 4.98 Å². The van der Waals surface area contributed by atoms with Gasteiger partial charge >= 0.3 is 0 Å². The van der Waals surface area contributed by atoms with E-state index in [4.69, 9.17) is 0 Å². The van der Waals surface area contributed by atoms with Gasteiger partial charge in [-0.3, -0.25) is 9.97 Å². The molecule has 0 saturated carbocycles. The second-order valence-corrected chi connectivity index (χ2v) is 8.80. The Labute approximate surface area is 241 Å². The number of hydrogen-bond acceptors (Lipinski definition) is 3. The number of rotatable bonds is 3. The zero-order chi connectivity index (χ0) is 25.6. The first-order chi connectivity index (χ1) is 18.8. The van der Waals surface area contributed by atoms with Gasteiger partial charge in [0.1, 0.15) is 0 Å². The van der Waals surface area contributed by atoms with Crippen molar-refractivity contribution in [3.05, 3.63) is 152 Å². The molecule has 189 valence electrons. The number of aromatic nitrogens is 3. The van der Waals surface area contributed by atoms with Crippen molar-refractivity contribution in [2.24, 2.45) is 0 Å². The molecule has 4 heteroatoms. The third kappa shape index (κ3) is 6.15. The van der Waals surface area contributed by atoms with E-state index in [1.807, 2.05) is 97.3 Å². The molecule has 0 amide bonds. The van der Waals surface area contributed by atoms with Gasteiger partial charge in [0, 0.05) is 37.9 Å². The second-order valence-electron chi connectivity index (χ2n) is 8.80. The molecule has 0 atom stereocenters. The molecule has 7 aromatic rings. The minimum absolute atomic E-state index is 0. The first kappa shape index (κ1) is 26.1. The monoisotopic (exact) mass is 678 g/mol. The maximum Gasteiger partial charge on any atom is 0.0755 e. The van der Waals surface area contributed by atoms with Crippen LogP contribution in [-0.4, -0.2) is 15.0 Å². The van der Waals surface area contributed by atoms with Gasteiger partial charge in [0.05, 0.1) is 11.3 Å². The van der Waals surface area contributed by atoms with Crippen LogP contribution in [-0.2, 0) is 20.1 Å². The summed E-state index contributed by atoms with van der Waals surface area (Å²) in [5.74, 6) is 0.716. The van der Waals surface area contributed by atoms with Crippen LogP contribution in [0.4, 0.5) is 0 Å². The van der Waals surface area contributed by atoms with E-state index >= 15 is 0 Å². The van der Waals surface area contributed by atoms with E-state index in [0.29, 0.717) is 5.82 Å². The zero-order valence-corrected chi connectivity index (χ0v) is 23.3. The van der Waals surface area contributed by atoms with Gasteiger partial charge in [0.2, 0.25) is 0 Å². The molecule has 0 aliphatic rings. The Balaban J connectivity index is 0.000000155. The quantitative estimate of drug-likeness (QED) is 0.139. The van der Waals surface area contributed by atoms with Gasteiger partial charge in [-0.2, -0.15) is 0 Å². The van der Waals surface area contributed by atoms with Crippen molar-refractivity contribution in [1.82, 2.24) is 15.0 Å². The molecule has 2 heterocycles. The molecule has 5 aromatic carbocycles. The number of hydrogen-bond donors (Lipinski definition) is 0. The molecular weight excluding hydrogens is 655 g/mol.